The molecule has 1 rings (SSSR count). The molecule has 3 nitrogen and oxygen atoms in total. The molecule has 1 atom stereocenters. The monoisotopic (exact) mass is 227 g/mol. The third-order valence-corrected chi connectivity index (χ3v) is 3.63. The lowest BCUT2D eigenvalue weighted by atomic mass is 10.0. The summed E-state index contributed by atoms with van der Waals surface area (Å²) in [5.74, 6) is 0.142. The molecule has 1 saturated heterocycles. The number of amides is 1. The van der Waals surface area contributed by atoms with Gasteiger partial charge in [0, 0.05) is 19.7 Å². The fraction of sp³-hybridized carbons (Fsp3) is 0.923. The average Bonchev–Trinajstić information content (AvgIpc) is 2.52. The Morgan fingerprint density at radius 2 is 2.06 bits per heavy atom. The zero-order chi connectivity index (χ0) is 12.2. The first-order chi connectivity index (χ1) is 7.53. The predicted octanol–water partition coefficient (Wildman–Crippen LogP) is 2.59. The molecule has 16 heavy (non-hydrogen) atoms. The summed E-state index contributed by atoms with van der Waals surface area (Å²) >= 11 is 0. The minimum Gasteiger partial charge on any atom is -0.369 e. The van der Waals surface area contributed by atoms with Crippen molar-refractivity contribution in [2.75, 3.05) is 13.7 Å². The van der Waals surface area contributed by atoms with Crippen LogP contribution in [0.3, 0.4) is 0 Å². The summed E-state index contributed by atoms with van der Waals surface area (Å²) in [4.78, 5) is 14.4. The second-order valence-corrected chi connectivity index (χ2v) is 5.12. The van der Waals surface area contributed by atoms with E-state index < -0.39 is 5.60 Å². The van der Waals surface area contributed by atoms with Crippen LogP contribution in [-0.4, -0.2) is 36.1 Å². The third-order valence-electron chi connectivity index (χ3n) is 3.63. The molecule has 0 spiro atoms. The molecule has 1 aliphatic heterocycles. The lowest BCUT2D eigenvalue weighted by Gasteiger charge is -2.35. The van der Waals surface area contributed by atoms with Crippen LogP contribution in [0.5, 0.6) is 0 Å². The third kappa shape index (κ3) is 2.97. The quantitative estimate of drug-likeness (QED) is 0.741. The number of ether oxygens (including phenoxy) is 1. The number of methoxy groups -OCH3 is 1. The first-order valence-corrected chi connectivity index (χ1v) is 6.39. The highest BCUT2D eigenvalue weighted by Gasteiger charge is 2.35. The molecule has 0 saturated carbocycles. The normalized spacial score (nSPS) is 23.0. The van der Waals surface area contributed by atoms with Gasteiger partial charge < -0.3 is 9.64 Å². The van der Waals surface area contributed by atoms with E-state index in [-0.39, 0.29) is 5.91 Å². The van der Waals surface area contributed by atoms with Crippen molar-refractivity contribution in [3.8, 4) is 0 Å². The maximum absolute atomic E-state index is 12.4. The summed E-state index contributed by atoms with van der Waals surface area (Å²) in [6.45, 7) is 6.76. The van der Waals surface area contributed by atoms with Gasteiger partial charge in [-0.25, -0.2) is 0 Å². The van der Waals surface area contributed by atoms with Crippen molar-refractivity contribution in [1.29, 1.82) is 0 Å². The number of rotatable bonds is 3. The van der Waals surface area contributed by atoms with Gasteiger partial charge in [-0.3, -0.25) is 4.79 Å². The maximum atomic E-state index is 12.4. The van der Waals surface area contributed by atoms with Gasteiger partial charge in [-0.05, 0) is 33.1 Å². The Bertz CT molecular complexity index is 238. The molecule has 94 valence electrons. The Labute approximate surface area is 99.1 Å². The average molecular weight is 227 g/mol. The van der Waals surface area contributed by atoms with Crippen molar-refractivity contribution in [3.63, 3.8) is 0 Å². The zero-order valence-corrected chi connectivity index (χ0v) is 11.1. The SMILES string of the molecule is CCC1CCCCCN1C(=O)C(C)(C)OC. The molecule has 0 aromatic carbocycles. The van der Waals surface area contributed by atoms with E-state index >= 15 is 0 Å². The molecule has 1 heterocycles. The molecule has 0 bridgehead atoms. The lowest BCUT2D eigenvalue weighted by Crippen LogP contribution is -2.50. The van der Waals surface area contributed by atoms with Gasteiger partial charge in [0.15, 0.2) is 0 Å². The van der Waals surface area contributed by atoms with Gasteiger partial charge in [0.2, 0.25) is 0 Å². The smallest absolute Gasteiger partial charge is 0.254 e. The highest BCUT2D eigenvalue weighted by atomic mass is 16.5. The number of nitrogens with zero attached hydrogens (tertiary/aromatic N) is 1. The molecule has 1 fully saturated rings. The fourth-order valence-corrected chi connectivity index (χ4v) is 2.30. The van der Waals surface area contributed by atoms with E-state index in [0.717, 1.165) is 25.8 Å². The molecule has 0 aromatic heterocycles. The molecule has 0 aromatic rings. The first-order valence-electron chi connectivity index (χ1n) is 6.39. The number of hydrogen-bond acceptors (Lipinski definition) is 2. The summed E-state index contributed by atoms with van der Waals surface area (Å²) in [5, 5.41) is 0. The summed E-state index contributed by atoms with van der Waals surface area (Å²) in [6, 6.07) is 0.407. The minimum absolute atomic E-state index is 0.142. The molecule has 1 amide bonds. The first kappa shape index (κ1) is 13.5. The van der Waals surface area contributed by atoms with E-state index in [2.05, 4.69) is 6.92 Å². The van der Waals surface area contributed by atoms with Crippen molar-refractivity contribution in [2.24, 2.45) is 0 Å². The van der Waals surface area contributed by atoms with Crippen LogP contribution in [0.15, 0.2) is 0 Å². The molecular weight excluding hydrogens is 202 g/mol. The standard InChI is InChI=1S/C13H25NO2/c1-5-11-9-7-6-8-10-14(11)12(15)13(2,3)16-4/h11H,5-10H2,1-4H3. The van der Waals surface area contributed by atoms with E-state index in [1.807, 2.05) is 18.7 Å². The topological polar surface area (TPSA) is 29.5 Å². The van der Waals surface area contributed by atoms with E-state index in [1.165, 1.54) is 12.8 Å². The zero-order valence-electron chi connectivity index (χ0n) is 11.1. The molecule has 0 aliphatic carbocycles. The number of carbonyl (C=O) groups excluding carboxylic acids is 1. The number of hydrogen-bond donors (Lipinski definition) is 0. The Morgan fingerprint density at radius 3 is 2.62 bits per heavy atom. The van der Waals surface area contributed by atoms with Crippen LogP contribution in [0.4, 0.5) is 0 Å². The van der Waals surface area contributed by atoms with Crippen LogP contribution in [0.25, 0.3) is 0 Å². The highest BCUT2D eigenvalue weighted by molar-refractivity contribution is 5.84. The van der Waals surface area contributed by atoms with Crippen LogP contribution in [0.2, 0.25) is 0 Å². The van der Waals surface area contributed by atoms with Crippen LogP contribution in [0.1, 0.15) is 52.9 Å². The van der Waals surface area contributed by atoms with Gasteiger partial charge in [0.05, 0.1) is 0 Å². The van der Waals surface area contributed by atoms with Crippen LogP contribution < -0.4 is 0 Å². The Hall–Kier alpha value is -0.570. The summed E-state index contributed by atoms with van der Waals surface area (Å²) in [6.07, 6.45) is 5.80. The Morgan fingerprint density at radius 1 is 1.38 bits per heavy atom. The highest BCUT2D eigenvalue weighted by Crippen LogP contribution is 2.23. The molecule has 0 radical (unpaired) electrons. The van der Waals surface area contributed by atoms with Gasteiger partial charge in [-0.1, -0.05) is 19.8 Å². The van der Waals surface area contributed by atoms with Crippen molar-refractivity contribution in [2.45, 2.75) is 64.5 Å². The molecule has 3 heteroatoms. The molecule has 1 aliphatic rings. The summed E-state index contributed by atoms with van der Waals surface area (Å²) in [5.41, 5.74) is -0.683. The van der Waals surface area contributed by atoms with Crippen LogP contribution >= 0.6 is 0 Å². The van der Waals surface area contributed by atoms with Crippen LogP contribution in [0, 0.1) is 0 Å². The fourth-order valence-electron chi connectivity index (χ4n) is 2.30. The van der Waals surface area contributed by atoms with Crippen molar-refractivity contribution >= 4 is 5.91 Å². The van der Waals surface area contributed by atoms with Gasteiger partial charge in [0.25, 0.3) is 5.91 Å². The number of likely N-dealkylation sites (tertiary alicyclic amines) is 1. The molecular formula is C13H25NO2. The molecule has 0 N–H and O–H groups in total. The van der Waals surface area contributed by atoms with Crippen molar-refractivity contribution in [1.82, 2.24) is 4.90 Å². The van der Waals surface area contributed by atoms with E-state index in [1.54, 1.807) is 7.11 Å². The summed E-state index contributed by atoms with van der Waals surface area (Å²) < 4.78 is 5.30. The maximum Gasteiger partial charge on any atom is 0.254 e. The van der Waals surface area contributed by atoms with Crippen molar-refractivity contribution < 1.29 is 9.53 Å². The second kappa shape index (κ2) is 5.67. The minimum atomic E-state index is -0.683. The van der Waals surface area contributed by atoms with E-state index in [4.69, 9.17) is 4.74 Å². The Balaban J connectivity index is 2.77. The van der Waals surface area contributed by atoms with E-state index in [0.29, 0.717) is 6.04 Å². The lowest BCUT2D eigenvalue weighted by molar-refractivity contribution is -0.153. The van der Waals surface area contributed by atoms with Gasteiger partial charge in [-0.15, -0.1) is 0 Å². The Kier molecular flexibility index (Phi) is 4.78. The second-order valence-electron chi connectivity index (χ2n) is 5.12. The van der Waals surface area contributed by atoms with Gasteiger partial charge in [0.1, 0.15) is 5.60 Å². The summed E-state index contributed by atoms with van der Waals surface area (Å²) in [7, 11) is 1.61. The van der Waals surface area contributed by atoms with Crippen molar-refractivity contribution in [3.05, 3.63) is 0 Å². The van der Waals surface area contributed by atoms with Gasteiger partial charge in [-0.2, -0.15) is 0 Å². The largest absolute Gasteiger partial charge is 0.369 e. The van der Waals surface area contributed by atoms with Gasteiger partial charge >= 0.3 is 0 Å². The van der Waals surface area contributed by atoms with E-state index in [9.17, 15) is 4.79 Å². The predicted molar refractivity (Wildman–Crippen MR) is 65.3 cm³/mol. The number of carbonyl (C=O) groups is 1. The molecule has 1 unspecified atom stereocenters. The van der Waals surface area contributed by atoms with Crippen LogP contribution in [-0.2, 0) is 9.53 Å².